The van der Waals surface area contributed by atoms with Gasteiger partial charge in [-0.25, -0.2) is 4.79 Å². The van der Waals surface area contributed by atoms with Crippen LogP contribution in [0.3, 0.4) is 0 Å². The SMILES string of the molecule is N#CC(NC(=O)[C@@H]1CCCC[C@H]1NC(=O)O)c1cccc(O)c1. The van der Waals surface area contributed by atoms with Crippen molar-refractivity contribution < 1.29 is 19.8 Å². The summed E-state index contributed by atoms with van der Waals surface area (Å²) < 4.78 is 0. The summed E-state index contributed by atoms with van der Waals surface area (Å²) in [7, 11) is 0. The van der Waals surface area contributed by atoms with Crippen molar-refractivity contribution in [3.05, 3.63) is 29.8 Å². The molecule has 1 saturated carbocycles. The van der Waals surface area contributed by atoms with Crippen molar-refractivity contribution in [1.82, 2.24) is 10.6 Å². The largest absolute Gasteiger partial charge is 0.508 e. The van der Waals surface area contributed by atoms with Crippen molar-refractivity contribution in [3.8, 4) is 11.8 Å². The third-order valence-corrected chi connectivity index (χ3v) is 4.03. The molecule has 0 radical (unpaired) electrons. The third kappa shape index (κ3) is 4.36. The van der Waals surface area contributed by atoms with E-state index in [4.69, 9.17) is 5.11 Å². The van der Waals surface area contributed by atoms with Gasteiger partial charge in [-0.3, -0.25) is 4.79 Å². The quantitative estimate of drug-likeness (QED) is 0.675. The van der Waals surface area contributed by atoms with Crippen LogP contribution < -0.4 is 10.6 Å². The van der Waals surface area contributed by atoms with Gasteiger partial charge in [-0.05, 0) is 30.5 Å². The predicted octanol–water partition coefficient (Wildman–Crippen LogP) is 1.90. The Balaban J connectivity index is 2.09. The molecular weight excluding hydrogens is 298 g/mol. The Kier molecular flexibility index (Phi) is 5.41. The second-order valence-electron chi connectivity index (χ2n) is 5.61. The van der Waals surface area contributed by atoms with Crippen molar-refractivity contribution in [2.24, 2.45) is 5.92 Å². The van der Waals surface area contributed by atoms with E-state index in [0.717, 1.165) is 12.8 Å². The molecule has 0 spiro atoms. The predicted molar refractivity (Wildman–Crippen MR) is 81.5 cm³/mol. The smallest absolute Gasteiger partial charge is 0.404 e. The molecular formula is C16H19N3O4. The second-order valence-corrected chi connectivity index (χ2v) is 5.61. The fraction of sp³-hybridized carbons (Fsp3) is 0.438. The number of rotatable bonds is 4. The molecule has 0 bridgehead atoms. The summed E-state index contributed by atoms with van der Waals surface area (Å²) >= 11 is 0. The highest BCUT2D eigenvalue weighted by Gasteiger charge is 2.33. The topological polar surface area (TPSA) is 122 Å². The van der Waals surface area contributed by atoms with Crippen molar-refractivity contribution >= 4 is 12.0 Å². The second kappa shape index (κ2) is 7.49. The van der Waals surface area contributed by atoms with Gasteiger partial charge < -0.3 is 20.8 Å². The molecule has 1 aliphatic carbocycles. The van der Waals surface area contributed by atoms with Crippen molar-refractivity contribution in [1.29, 1.82) is 5.26 Å². The van der Waals surface area contributed by atoms with Crippen LogP contribution in [0.1, 0.15) is 37.3 Å². The molecule has 2 amide bonds. The summed E-state index contributed by atoms with van der Waals surface area (Å²) in [6.07, 6.45) is 1.74. The van der Waals surface area contributed by atoms with E-state index in [0.29, 0.717) is 18.4 Å². The minimum Gasteiger partial charge on any atom is -0.508 e. The highest BCUT2D eigenvalue weighted by atomic mass is 16.4. The zero-order chi connectivity index (χ0) is 16.8. The number of phenols is 1. The summed E-state index contributed by atoms with van der Waals surface area (Å²) in [5.74, 6) is -0.827. The van der Waals surface area contributed by atoms with Crippen molar-refractivity contribution in [3.63, 3.8) is 0 Å². The fourth-order valence-corrected chi connectivity index (χ4v) is 2.92. The number of carbonyl (C=O) groups excluding carboxylic acids is 1. The molecule has 4 N–H and O–H groups in total. The van der Waals surface area contributed by atoms with Crippen molar-refractivity contribution in [2.75, 3.05) is 0 Å². The average Bonchev–Trinajstić information content (AvgIpc) is 2.52. The number of hydrogen-bond acceptors (Lipinski definition) is 4. The first-order valence-electron chi connectivity index (χ1n) is 7.49. The molecule has 0 saturated heterocycles. The summed E-state index contributed by atoms with van der Waals surface area (Å²) in [6.45, 7) is 0. The highest BCUT2D eigenvalue weighted by Crippen LogP contribution is 2.26. The molecule has 2 rings (SSSR count). The van der Waals surface area contributed by atoms with E-state index in [1.165, 1.54) is 12.1 Å². The van der Waals surface area contributed by atoms with Crippen LogP contribution >= 0.6 is 0 Å². The van der Waals surface area contributed by atoms with Gasteiger partial charge in [0.15, 0.2) is 0 Å². The first-order valence-corrected chi connectivity index (χ1v) is 7.49. The van der Waals surface area contributed by atoms with Crippen LogP contribution in [0, 0.1) is 17.2 Å². The van der Waals surface area contributed by atoms with Crippen molar-refractivity contribution in [2.45, 2.75) is 37.8 Å². The molecule has 0 aromatic heterocycles. The standard InChI is InChI=1S/C16H19N3O4/c17-9-14(10-4-3-5-11(20)8-10)18-15(21)12-6-1-2-7-13(12)19-16(22)23/h3-5,8,12-14,19-20H,1-2,6-7H2,(H,18,21)(H,22,23)/t12-,13-,14?/m1/s1. The number of nitriles is 1. The minimum atomic E-state index is -1.15. The molecule has 1 aliphatic rings. The maximum atomic E-state index is 12.5. The number of benzene rings is 1. The zero-order valence-corrected chi connectivity index (χ0v) is 12.5. The lowest BCUT2D eigenvalue weighted by Gasteiger charge is -2.30. The molecule has 1 aromatic carbocycles. The van der Waals surface area contributed by atoms with E-state index >= 15 is 0 Å². The first-order chi connectivity index (χ1) is 11.0. The lowest BCUT2D eigenvalue weighted by atomic mass is 9.83. The number of nitrogens with one attached hydrogen (secondary N) is 2. The summed E-state index contributed by atoms with van der Waals surface area (Å²) in [5.41, 5.74) is 0.486. The monoisotopic (exact) mass is 317 g/mol. The Bertz CT molecular complexity index is 626. The number of nitrogens with zero attached hydrogens (tertiary/aromatic N) is 1. The van der Waals surface area contributed by atoms with E-state index < -0.39 is 24.1 Å². The Morgan fingerprint density at radius 3 is 2.70 bits per heavy atom. The summed E-state index contributed by atoms with van der Waals surface area (Å²) in [6, 6.07) is 6.80. The van der Waals surface area contributed by atoms with Gasteiger partial charge in [-0.2, -0.15) is 5.26 Å². The molecule has 0 heterocycles. The first kappa shape index (κ1) is 16.6. The van der Waals surface area contributed by atoms with Gasteiger partial charge in [-0.15, -0.1) is 0 Å². The number of carbonyl (C=O) groups is 2. The normalized spacial score (nSPS) is 21.7. The molecule has 3 atom stereocenters. The van der Waals surface area contributed by atoms with Gasteiger partial charge in [0, 0.05) is 6.04 Å². The van der Waals surface area contributed by atoms with Crippen LogP contribution in [0.5, 0.6) is 5.75 Å². The third-order valence-electron chi connectivity index (χ3n) is 4.03. The van der Waals surface area contributed by atoms with Gasteiger partial charge >= 0.3 is 6.09 Å². The maximum Gasteiger partial charge on any atom is 0.404 e. The van der Waals surface area contributed by atoms with Gasteiger partial charge in [0.25, 0.3) is 0 Å². The lowest BCUT2D eigenvalue weighted by molar-refractivity contribution is -0.127. The lowest BCUT2D eigenvalue weighted by Crippen LogP contribution is -2.48. The van der Waals surface area contributed by atoms with Gasteiger partial charge in [0.2, 0.25) is 5.91 Å². The Morgan fingerprint density at radius 1 is 1.30 bits per heavy atom. The van der Waals surface area contributed by atoms with Gasteiger partial charge in [-0.1, -0.05) is 25.0 Å². The van der Waals surface area contributed by atoms with Crippen LogP contribution in [0.15, 0.2) is 24.3 Å². The molecule has 1 fully saturated rings. The molecule has 122 valence electrons. The van der Waals surface area contributed by atoms with Crippen LogP contribution in [-0.2, 0) is 4.79 Å². The molecule has 1 unspecified atom stereocenters. The Morgan fingerprint density at radius 2 is 2.04 bits per heavy atom. The van der Waals surface area contributed by atoms with Gasteiger partial charge in [0.1, 0.15) is 11.8 Å². The van der Waals surface area contributed by atoms with E-state index in [9.17, 15) is 20.0 Å². The van der Waals surface area contributed by atoms with E-state index in [-0.39, 0.29) is 11.7 Å². The van der Waals surface area contributed by atoms with Crippen LogP contribution in [-0.4, -0.2) is 28.3 Å². The average molecular weight is 317 g/mol. The maximum absolute atomic E-state index is 12.5. The van der Waals surface area contributed by atoms with Crippen LogP contribution in [0.2, 0.25) is 0 Å². The Labute approximate surface area is 133 Å². The summed E-state index contributed by atoms with van der Waals surface area (Å²) in [5, 5.41) is 32.7. The number of aromatic hydroxyl groups is 1. The highest BCUT2D eigenvalue weighted by molar-refractivity contribution is 5.81. The van der Waals surface area contributed by atoms with Crippen LogP contribution in [0.4, 0.5) is 4.79 Å². The summed E-state index contributed by atoms with van der Waals surface area (Å²) in [4.78, 5) is 23.3. The number of carboxylic acid groups (broad SMARTS) is 1. The molecule has 0 aliphatic heterocycles. The van der Waals surface area contributed by atoms with Gasteiger partial charge in [0.05, 0.1) is 12.0 Å². The molecule has 7 nitrogen and oxygen atoms in total. The number of amides is 2. The molecule has 7 heteroatoms. The molecule has 1 aromatic rings. The fourth-order valence-electron chi connectivity index (χ4n) is 2.92. The molecule has 23 heavy (non-hydrogen) atoms. The minimum absolute atomic E-state index is 0.0140. The number of phenolic OH excluding ortho intramolecular Hbond substituents is 1. The zero-order valence-electron chi connectivity index (χ0n) is 12.5. The Hall–Kier alpha value is -2.75. The van der Waals surface area contributed by atoms with Crippen LogP contribution in [0.25, 0.3) is 0 Å². The van der Waals surface area contributed by atoms with E-state index in [1.54, 1.807) is 12.1 Å². The van der Waals surface area contributed by atoms with E-state index in [2.05, 4.69) is 10.6 Å². The van der Waals surface area contributed by atoms with E-state index in [1.807, 2.05) is 6.07 Å². The number of hydrogen-bond donors (Lipinski definition) is 4.